The summed E-state index contributed by atoms with van der Waals surface area (Å²) in [4.78, 5) is 2.57. The number of aryl methyl sites for hydroxylation is 2. The van der Waals surface area contributed by atoms with Gasteiger partial charge in [-0.25, -0.2) is 0 Å². The second kappa shape index (κ2) is 6.02. The lowest BCUT2D eigenvalue weighted by molar-refractivity contribution is -0.0470. The van der Waals surface area contributed by atoms with E-state index in [1.807, 2.05) is 18.7 Å². The van der Waals surface area contributed by atoms with Crippen LogP contribution in [0, 0.1) is 6.92 Å². The molecule has 1 aromatic rings. The summed E-state index contributed by atoms with van der Waals surface area (Å²) < 4.78 is 7.79. The summed E-state index contributed by atoms with van der Waals surface area (Å²) in [6.07, 6.45) is 2.90. The Morgan fingerprint density at radius 1 is 1.50 bits per heavy atom. The zero-order valence-electron chi connectivity index (χ0n) is 12.2. The van der Waals surface area contributed by atoms with Gasteiger partial charge < -0.3 is 10.1 Å². The Labute approximate surface area is 125 Å². The van der Waals surface area contributed by atoms with Gasteiger partial charge in [0.25, 0.3) is 0 Å². The number of aromatic nitrogens is 2. The zero-order chi connectivity index (χ0) is 14.1. The molecule has 112 valence electrons. The minimum atomic E-state index is 0.289. The molecule has 1 aromatic heterocycles. The largest absolute Gasteiger partial charge is 0.374 e. The highest BCUT2D eigenvalue weighted by Gasteiger charge is 2.31. The predicted molar refractivity (Wildman–Crippen MR) is 79.0 cm³/mol. The van der Waals surface area contributed by atoms with Gasteiger partial charge in [-0.15, -0.1) is 0 Å². The van der Waals surface area contributed by atoms with E-state index < -0.39 is 0 Å². The smallest absolute Gasteiger partial charge is 0.0860 e. The van der Waals surface area contributed by atoms with Crippen LogP contribution in [0.15, 0.2) is 0 Å². The highest BCUT2D eigenvalue weighted by Crippen LogP contribution is 2.22. The summed E-state index contributed by atoms with van der Waals surface area (Å²) in [5.41, 5.74) is 1.93. The van der Waals surface area contributed by atoms with Gasteiger partial charge >= 0.3 is 0 Å². The maximum Gasteiger partial charge on any atom is 0.0860 e. The van der Waals surface area contributed by atoms with Gasteiger partial charge in [0.2, 0.25) is 0 Å². The number of fused-ring (bicyclic) bond motifs is 1. The van der Waals surface area contributed by atoms with Crippen LogP contribution in [-0.2, 0) is 18.3 Å². The van der Waals surface area contributed by atoms with Crippen molar-refractivity contribution in [3.63, 3.8) is 0 Å². The van der Waals surface area contributed by atoms with Crippen molar-refractivity contribution in [2.45, 2.75) is 38.5 Å². The first kappa shape index (κ1) is 14.3. The van der Waals surface area contributed by atoms with Crippen LogP contribution in [-0.4, -0.2) is 53.1 Å². The van der Waals surface area contributed by atoms with Gasteiger partial charge in [0.15, 0.2) is 0 Å². The van der Waals surface area contributed by atoms with E-state index in [1.54, 1.807) is 0 Å². The first-order chi connectivity index (χ1) is 9.65. The molecule has 0 amide bonds. The summed E-state index contributed by atoms with van der Waals surface area (Å²) in [7, 11) is 1.93. The molecule has 0 spiro atoms. The lowest BCUT2D eigenvalue weighted by Gasteiger charge is -2.35. The minimum absolute atomic E-state index is 0.289. The van der Waals surface area contributed by atoms with Crippen molar-refractivity contribution in [3.05, 3.63) is 16.4 Å². The maximum atomic E-state index is 6.25. The van der Waals surface area contributed by atoms with Gasteiger partial charge in [-0.3, -0.25) is 9.58 Å². The van der Waals surface area contributed by atoms with Crippen LogP contribution in [0.2, 0.25) is 5.02 Å². The number of hydrogen-bond donors (Lipinski definition) is 1. The van der Waals surface area contributed by atoms with Gasteiger partial charge in [0.05, 0.1) is 29.1 Å². The van der Waals surface area contributed by atoms with Crippen LogP contribution in [0.3, 0.4) is 0 Å². The molecule has 3 heterocycles. The summed E-state index contributed by atoms with van der Waals surface area (Å²) in [6, 6.07) is 0.667. The molecule has 2 atom stereocenters. The number of hydrogen-bond acceptors (Lipinski definition) is 4. The molecule has 2 aliphatic rings. The number of nitrogens with one attached hydrogen (secondary N) is 1. The number of morpholine rings is 1. The molecule has 5 nitrogen and oxygen atoms in total. The van der Waals surface area contributed by atoms with Crippen molar-refractivity contribution in [3.8, 4) is 0 Å². The summed E-state index contributed by atoms with van der Waals surface area (Å²) in [6.45, 7) is 6.71. The minimum Gasteiger partial charge on any atom is -0.374 e. The molecule has 2 aliphatic heterocycles. The standard InChI is InChI=1S/C14H23ClN4O/c1-10-14(15)13(18(2)17-10)7-16-6-12-8-19-5-3-4-11(19)9-20-12/h11-12,16H,3-9H2,1-2H3. The van der Waals surface area contributed by atoms with Crippen LogP contribution in [0.1, 0.15) is 24.2 Å². The number of halogens is 1. The van der Waals surface area contributed by atoms with E-state index in [0.717, 1.165) is 42.7 Å². The molecule has 2 unspecified atom stereocenters. The normalized spacial score (nSPS) is 26.9. The Balaban J connectivity index is 1.48. The summed E-state index contributed by atoms with van der Waals surface area (Å²) >= 11 is 6.25. The Morgan fingerprint density at radius 3 is 3.10 bits per heavy atom. The fourth-order valence-corrected chi connectivity index (χ4v) is 3.46. The Bertz CT molecular complexity index is 476. The molecular weight excluding hydrogens is 276 g/mol. The van der Waals surface area contributed by atoms with Crippen molar-refractivity contribution >= 4 is 11.6 Å². The Morgan fingerprint density at radius 2 is 2.35 bits per heavy atom. The topological polar surface area (TPSA) is 42.3 Å². The van der Waals surface area contributed by atoms with Gasteiger partial charge in [0.1, 0.15) is 0 Å². The van der Waals surface area contributed by atoms with Gasteiger partial charge in [0, 0.05) is 32.7 Å². The fourth-order valence-electron chi connectivity index (χ4n) is 3.23. The average molecular weight is 299 g/mol. The summed E-state index contributed by atoms with van der Waals surface area (Å²) in [5.74, 6) is 0. The van der Waals surface area contributed by atoms with Crippen molar-refractivity contribution < 1.29 is 4.74 Å². The van der Waals surface area contributed by atoms with Crippen molar-refractivity contribution in [1.82, 2.24) is 20.0 Å². The van der Waals surface area contributed by atoms with Gasteiger partial charge in [-0.1, -0.05) is 11.6 Å². The molecule has 0 bridgehead atoms. The van der Waals surface area contributed by atoms with E-state index in [2.05, 4.69) is 15.3 Å². The number of nitrogens with zero attached hydrogens (tertiary/aromatic N) is 3. The molecule has 0 aromatic carbocycles. The maximum absolute atomic E-state index is 6.25. The lowest BCUT2D eigenvalue weighted by atomic mass is 10.2. The average Bonchev–Trinajstić information content (AvgIpc) is 2.98. The molecule has 20 heavy (non-hydrogen) atoms. The molecule has 2 fully saturated rings. The van der Waals surface area contributed by atoms with Crippen LogP contribution < -0.4 is 5.32 Å². The highest BCUT2D eigenvalue weighted by molar-refractivity contribution is 6.31. The highest BCUT2D eigenvalue weighted by atomic mass is 35.5. The molecule has 0 saturated carbocycles. The van der Waals surface area contributed by atoms with E-state index in [4.69, 9.17) is 16.3 Å². The van der Waals surface area contributed by atoms with Crippen LogP contribution in [0.5, 0.6) is 0 Å². The van der Waals surface area contributed by atoms with E-state index in [-0.39, 0.29) is 6.10 Å². The third-order valence-electron chi connectivity index (χ3n) is 4.39. The van der Waals surface area contributed by atoms with Gasteiger partial charge in [-0.2, -0.15) is 5.10 Å². The first-order valence-electron chi connectivity index (χ1n) is 7.39. The van der Waals surface area contributed by atoms with Crippen LogP contribution in [0.25, 0.3) is 0 Å². The molecule has 0 aliphatic carbocycles. The van der Waals surface area contributed by atoms with Crippen molar-refractivity contribution in [2.75, 3.05) is 26.2 Å². The molecule has 0 radical (unpaired) electrons. The van der Waals surface area contributed by atoms with Crippen LogP contribution >= 0.6 is 11.6 Å². The third-order valence-corrected chi connectivity index (χ3v) is 4.88. The third kappa shape index (κ3) is 2.86. The lowest BCUT2D eigenvalue weighted by Crippen LogP contribution is -2.49. The zero-order valence-corrected chi connectivity index (χ0v) is 13.0. The van der Waals surface area contributed by atoms with Crippen molar-refractivity contribution in [1.29, 1.82) is 0 Å². The van der Waals surface area contributed by atoms with Gasteiger partial charge in [-0.05, 0) is 26.3 Å². The molecule has 1 N–H and O–H groups in total. The second-order valence-corrected chi connectivity index (χ2v) is 6.22. The number of rotatable bonds is 4. The Kier molecular flexibility index (Phi) is 4.31. The molecular formula is C14H23ClN4O. The van der Waals surface area contributed by atoms with E-state index in [1.165, 1.54) is 19.4 Å². The predicted octanol–water partition coefficient (Wildman–Crippen LogP) is 1.33. The quantitative estimate of drug-likeness (QED) is 0.911. The fraction of sp³-hybridized carbons (Fsp3) is 0.786. The van der Waals surface area contributed by atoms with E-state index in [0.29, 0.717) is 6.04 Å². The molecule has 6 heteroatoms. The SMILES string of the molecule is Cc1nn(C)c(CNCC2CN3CCCC3CO2)c1Cl. The monoisotopic (exact) mass is 298 g/mol. The summed E-state index contributed by atoms with van der Waals surface area (Å²) in [5, 5.41) is 8.54. The molecule has 3 rings (SSSR count). The van der Waals surface area contributed by atoms with Crippen molar-refractivity contribution in [2.24, 2.45) is 7.05 Å². The molecule has 2 saturated heterocycles. The van der Waals surface area contributed by atoms with E-state index >= 15 is 0 Å². The Hall–Kier alpha value is -0.620. The van der Waals surface area contributed by atoms with E-state index in [9.17, 15) is 0 Å². The second-order valence-electron chi connectivity index (χ2n) is 5.85. The van der Waals surface area contributed by atoms with Crippen LogP contribution in [0.4, 0.5) is 0 Å². The number of ether oxygens (including phenoxy) is 1. The first-order valence-corrected chi connectivity index (χ1v) is 7.77.